The number of carbonyl (C=O) groups excluding carboxylic acids is 3. The Morgan fingerprint density at radius 3 is 2.29 bits per heavy atom. The molecular weight excluding hydrogens is 306 g/mol. The second-order valence-electron chi connectivity index (χ2n) is 7.46. The molecule has 1 aromatic carbocycles. The topological polar surface area (TPSA) is 74.7 Å². The predicted octanol–water partition coefficient (Wildman–Crippen LogP) is 3.08. The summed E-state index contributed by atoms with van der Waals surface area (Å²) in [5.41, 5.74) is 1.33. The molecule has 0 saturated carbocycles. The zero-order valence-electron chi connectivity index (χ0n) is 14.1. The molecule has 5 heteroatoms. The number of imide groups is 1. The molecule has 0 aromatic heterocycles. The van der Waals surface area contributed by atoms with Gasteiger partial charge >= 0.3 is 0 Å². The van der Waals surface area contributed by atoms with Crippen LogP contribution in [0.2, 0.25) is 0 Å². The lowest BCUT2D eigenvalue weighted by Gasteiger charge is -2.30. The number of aliphatic hydroxyl groups excluding tert-OH is 1. The minimum absolute atomic E-state index is 0.0480. The number of ketones is 1. The van der Waals surface area contributed by atoms with Crippen LogP contribution in [0.15, 0.2) is 35.6 Å². The van der Waals surface area contributed by atoms with Crippen LogP contribution in [0, 0.1) is 18.3 Å². The van der Waals surface area contributed by atoms with Gasteiger partial charge < -0.3 is 5.11 Å². The number of aliphatic hydroxyl groups is 1. The standard InChI is InChI=1S/C19H21NO4/c1-11-4-6-12(7-5-11)20-16(23)8-13(18(20)24)17-14(21)9-19(2,3)10-15(17)22/h4-7,13,21H,8-10H2,1-3H3. The fraction of sp³-hybridized carbons (Fsp3) is 0.421. The van der Waals surface area contributed by atoms with Crippen LogP contribution >= 0.6 is 0 Å². The monoisotopic (exact) mass is 327 g/mol. The third-order valence-corrected chi connectivity index (χ3v) is 4.68. The first-order chi connectivity index (χ1) is 11.2. The van der Waals surface area contributed by atoms with Crippen molar-refractivity contribution in [3.05, 3.63) is 41.2 Å². The number of benzene rings is 1. The van der Waals surface area contributed by atoms with E-state index >= 15 is 0 Å². The maximum absolute atomic E-state index is 12.8. The van der Waals surface area contributed by atoms with Gasteiger partial charge in [-0.25, -0.2) is 0 Å². The van der Waals surface area contributed by atoms with Crippen LogP contribution in [0.1, 0.15) is 38.7 Å². The van der Waals surface area contributed by atoms with Crippen molar-refractivity contribution in [1.29, 1.82) is 0 Å². The fourth-order valence-electron chi connectivity index (χ4n) is 3.52. The van der Waals surface area contributed by atoms with Crippen LogP contribution in [0.5, 0.6) is 0 Å². The largest absolute Gasteiger partial charge is 0.512 e. The maximum Gasteiger partial charge on any atom is 0.242 e. The van der Waals surface area contributed by atoms with Crippen LogP contribution in [-0.4, -0.2) is 22.7 Å². The summed E-state index contributed by atoms with van der Waals surface area (Å²) >= 11 is 0. The lowest BCUT2D eigenvalue weighted by molar-refractivity contribution is -0.124. The van der Waals surface area contributed by atoms with Crippen molar-refractivity contribution in [3.63, 3.8) is 0 Å². The lowest BCUT2D eigenvalue weighted by atomic mass is 9.73. The van der Waals surface area contributed by atoms with Gasteiger partial charge in [0.15, 0.2) is 5.78 Å². The molecule has 5 nitrogen and oxygen atoms in total. The van der Waals surface area contributed by atoms with Crippen LogP contribution in [0.4, 0.5) is 5.69 Å². The summed E-state index contributed by atoms with van der Waals surface area (Å²) in [5.74, 6) is -1.93. The van der Waals surface area contributed by atoms with Gasteiger partial charge in [0.25, 0.3) is 0 Å². The Balaban J connectivity index is 1.94. The van der Waals surface area contributed by atoms with Gasteiger partial charge in [-0.3, -0.25) is 19.3 Å². The highest BCUT2D eigenvalue weighted by Gasteiger charge is 2.46. The highest BCUT2D eigenvalue weighted by atomic mass is 16.3. The van der Waals surface area contributed by atoms with Crippen molar-refractivity contribution in [2.75, 3.05) is 4.90 Å². The summed E-state index contributed by atoms with van der Waals surface area (Å²) in [4.78, 5) is 38.7. The van der Waals surface area contributed by atoms with E-state index in [1.165, 1.54) is 0 Å². The first-order valence-corrected chi connectivity index (χ1v) is 8.08. The van der Waals surface area contributed by atoms with E-state index in [-0.39, 0.29) is 41.3 Å². The van der Waals surface area contributed by atoms with Gasteiger partial charge in [-0.1, -0.05) is 31.5 Å². The molecule has 1 heterocycles. The molecule has 1 N–H and O–H groups in total. The molecule has 1 atom stereocenters. The molecule has 1 unspecified atom stereocenters. The molecule has 3 rings (SSSR count). The van der Waals surface area contributed by atoms with Gasteiger partial charge in [-0.2, -0.15) is 0 Å². The van der Waals surface area contributed by atoms with Crippen LogP contribution in [-0.2, 0) is 14.4 Å². The third-order valence-electron chi connectivity index (χ3n) is 4.68. The van der Waals surface area contributed by atoms with E-state index in [0.717, 1.165) is 10.5 Å². The summed E-state index contributed by atoms with van der Waals surface area (Å²) in [7, 11) is 0. The third kappa shape index (κ3) is 2.75. The number of amides is 2. The molecule has 2 aliphatic rings. The van der Waals surface area contributed by atoms with Gasteiger partial charge in [0, 0.05) is 24.8 Å². The van der Waals surface area contributed by atoms with Gasteiger partial charge in [-0.15, -0.1) is 0 Å². The first-order valence-electron chi connectivity index (χ1n) is 8.08. The smallest absolute Gasteiger partial charge is 0.242 e. The number of allylic oxidation sites excluding steroid dienone is 1. The Morgan fingerprint density at radius 2 is 1.71 bits per heavy atom. The van der Waals surface area contributed by atoms with Crippen molar-refractivity contribution in [3.8, 4) is 0 Å². The number of rotatable bonds is 2. The second-order valence-corrected chi connectivity index (χ2v) is 7.46. The van der Waals surface area contributed by atoms with Crippen molar-refractivity contribution >= 4 is 23.3 Å². The molecule has 1 aromatic rings. The minimum atomic E-state index is -0.873. The normalized spacial score (nSPS) is 24.0. The Bertz CT molecular complexity index is 758. The molecular formula is C19H21NO4. The number of hydrogen-bond donors (Lipinski definition) is 1. The summed E-state index contributed by atoms with van der Waals surface area (Å²) in [6, 6.07) is 7.09. The van der Waals surface area contributed by atoms with Crippen LogP contribution in [0.25, 0.3) is 0 Å². The molecule has 0 bridgehead atoms. The van der Waals surface area contributed by atoms with E-state index in [1.54, 1.807) is 12.1 Å². The van der Waals surface area contributed by atoms with E-state index < -0.39 is 11.8 Å². The molecule has 1 aliphatic heterocycles. The molecule has 24 heavy (non-hydrogen) atoms. The zero-order valence-corrected chi connectivity index (χ0v) is 14.1. The van der Waals surface area contributed by atoms with Crippen LogP contribution < -0.4 is 4.90 Å². The quantitative estimate of drug-likeness (QED) is 0.847. The molecule has 0 spiro atoms. The first kappa shape index (κ1) is 16.4. The zero-order chi connectivity index (χ0) is 17.6. The molecule has 0 radical (unpaired) electrons. The molecule has 1 saturated heterocycles. The number of carbonyl (C=O) groups is 3. The number of hydrogen-bond acceptors (Lipinski definition) is 4. The summed E-state index contributed by atoms with van der Waals surface area (Å²) in [6.45, 7) is 5.72. The number of aryl methyl sites for hydroxylation is 1. The van der Waals surface area contributed by atoms with E-state index in [1.807, 2.05) is 32.9 Å². The Morgan fingerprint density at radius 1 is 1.08 bits per heavy atom. The van der Waals surface area contributed by atoms with E-state index in [2.05, 4.69) is 0 Å². The molecule has 1 aliphatic carbocycles. The van der Waals surface area contributed by atoms with Gasteiger partial charge in [0.1, 0.15) is 5.76 Å². The van der Waals surface area contributed by atoms with Crippen LogP contribution in [0.3, 0.4) is 0 Å². The highest BCUT2D eigenvalue weighted by Crippen LogP contribution is 2.41. The maximum atomic E-state index is 12.8. The highest BCUT2D eigenvalue weighted by molar-refractivity contribution is 6.24. The Labute approximate surface area is 141 Å². The molecule has 1 fully saturated rings. The van der Waals surface area contributed by atoms with Crippen molar-refractivity contribution in [1.82, 2.24) is 0 Å². The molecule has 2 amide bonds. The van der Waals surface area contributed by atoms with Crippen molar-refractivity contribution < 1.29 is 19.5 Å². The summed E-state index contributed by atoms with van der Waals surface area (Å²) in [5, 5.41) is 10.3. The SMILES string of the molecule is Cc1ccc(N2C(=O)CC(C3=C(O)CC(C)(C)CC3=O)C2=O)cc1. The predicted molar refractivity (Wildman–Crippen MR) is 89.5 cm³/mol. The van der Waals surface area contributed by atoms with Gasteiger partial charge in [0.2, 0.25) is 11.8 Å². The Kier molecular flexibility index (Phi) is 3.82. The summed E-state index contributed by atoms with van der Waals surface area (Å²) in [6.07, 6.45) is 0.545. The average Bonchev–Trinajstić information content (AvgIpc) is 2.73. The summed E-state index contributed by atoms with van der Waals surface area (Å²) < 4.78 is 0. The lowest BCUT2D eigenvalue weighted by Crippen LogP contribution is -2.34. The average molecular weight is 327 g/mol. The van der Waals surface area contributed by atoms with E-state index in [4.69, 9.17) is 0 Å². The van der Waals surface area contributed by atoms with Crippen molar-refractivity contribution in [2.24, 2.45) is 11.3 Å². The Hall–Kier alpha value is -2.43. The van der Waals surface area contributed by atoms with E-state index in [9.17, 15) is 19.5 Å². The second kappa shape index (κ2) is 5.58. The minimum Gasteiger partial charge on any atom is -0.512 e. The van der Waals surface area contributed by atoms with Crippen molar-refractivity contribution in [2.45, 2.75) is 40.0 Å². The molecule has 126 valence electrons. The van der Waals surface area contributed by atoms with E-state index in [0.29, 0.717) is 12.1 Å². The van der Waals surface area contributed by atoms with Gasteiger partial charge in [0.05, 0.1) is 11.6 Å². The number of nitrogens with zero attached hydrogens (tertiary/aromatic N) is 1. The fourth-order valence-corrected chi connectivity index (χ4v) is 3.52. The number of Topliss-reactive ketones (excluding diaryl/α,β-unsaturated/α-hetero) is 1. The number of anilines is 1. The van der Waals surface area contributed by atoms with Gasteiger partial charge in [-0.05, 0) is 24.5 Å².